The smallest absolute Gasteiger partial charge is 0.252 e. The van der Waals surface area contributed by atoms with Crippen LogP contribution in [0.1, 0.15) is 153 Å². The van der Waals surface area contributed by atoms with Gasteiger partial charge in [0, 0.05) is 44.9 Å². The molecule has 0 saturated carbocycles. The molecule has 7 aromatic carbocycles. The Bertz CT molecular complexity index is 3610. The third kappa shape index (κ3) is 5.95. The number of anilines is 6. The number of rotatable bonds is 3. The molecule has 0 amide bonds. The molecule has 0 bridgehead atoms. The van der Waals surface area contributed by atoms with E-state index in [1.165, 1.54) is 124 Å². The van der Waals surface area contributed by atoms with Crippen molar-refractivity contribution in [3.63, 3.8) is 0 Å². The molecule has 4 heteroatoms. The van der Waals surface area contributed by atoms with Gasteiger partial charge in [-0.25, -0.2) is 0 Å². The van der Waals surface area contributed by atoms with E-state index in [0.717, 1.165) is 29.4 Å². The van der Waals surface area contributed by atoms with Gasteiger partial charge in [0.05, 0.1) is 0 Å². The first-order valence-electron chi connectivity index (χ1n) is 26.3. The first-order chi connectivity index (χ1) is 33.0. The zero-order valence-corrected chi connectivity index (χ0v) is 44.2. The van der Waals surface area contributed by atoms with E-state index in [1.54, 1.807) is 0 Å². The Labute approximate surface area is 417 Å². The zero-order valence-electron chi connectivity index (χ0n) is 44.2. The van der Waals surface area contributed by atoms with E-state index < -0.39 is 0 Å². The van der Waals surface area contributed by atoms with Gasteiger partial charge in [0.1, 0.15) is 11.2 Å². The van der Waals surface area contributed by atoms with E-state index in [4.69, 9.17) is 4.42 Å². The Balaban J connectivity index is 1.15. The predicted molar refractivity (Wildman–Crippen MR) is 299 cm³/mol. The van der Waals surface area contributed by atoms with Crippen LogP contribution in [-0.2, 0) is 32.5 Å². The Kier molecular flexibility index (Phi) is 8.73. The summed E-state index contributed by atoms with van der Waals surface area (Å²) in [6, 6.07) is 45.4. The van der Waals surface area contributed by atoms with E-state index >= 15 is 0 Å². The lowest BCUT2D eigenvalue weighted by Gasteiger charge is -2.48. The molecule has 0 fully saturated rings. The minimum absolute atomic E-state index is 0.00898. The van der Waals surface area contributed by atoms with Crippen LogP contribution in [0.5, 0.6) is 0 Å². The van der Waals surface area contributed by atoms with Gasteiger partial charge in [0.15, 0.2) is 0 Å². The Morgan fingerprint density at radius 3 is 1.49 bits per heavy atom. The molecular weight excluding hydrogens is 848 g/mol. The highest BCUT2D eigenvalue weighted by Crippen LogP contribution is 2.56. The molecule has 3 aliphatic carbocycles. The third-order valence-electron chi connectivity index (χ3n) is 18.5. The van der Waals surface area contributed by atoms with Crippen molar-refractivity contribution in [1.29, 1.82) is 0 Å². The van der Waals surface area contributed by atoms with Crippen molar-refractivity contribution in [2.75, 3.05) is 9.80 Å². The number of nitrogens with zero attached hydrogens (tertiary/aromatic N) is 2. The predicted octanol–water partition coefficient (Wildman–Crippen LogP) is 16.2. The lowest BCUT2D eigenvalue weighted by atomic mass is 9.33. The number of para-hydroxylation sites is 1. The van der Waals surface area contributed by atoms with E-state index in [1.807, 2.05) is 0 Å². The first kappa shape index (κ1) is 44.0. The molecular formula is C66H69BN2O. The molecule has 1 aromatic heterocycles. The van der Waals surface area contributed by atoms with E-state index in [-0.39, 0.29) is 39.2 Å². The number of furan rings is 1. The molecule has 0 radical (unpaired) electrons. The van der Waals surface area contributed by atoms with Crippen LogP contribution < -0.4 is 26.2 Å². The molecule has 13 rings (SSSR count). The van der Waals surface area contributed by atoms with Crippen LogP contribution >= 0.6 is 0 Å². The second-order valence-electron chi connectivity index (χ2n) is 26.3. The number of hydrogen-bond acceptors (Lipinski definition) is 3. The second kappa shape index (κ2) is 13.9. The molecule has 8 aromatic rings. The SMILES string of the molecule is Cc1cc2c(cc1N1c3ccc(-c4cccc5oc6ccccc6c45)cc3B3c4cc5c(cc4N(c4cc6c(cc4C)C(C)(C)CC6(C)C)c4cccc1c43)C(C)(C)CCC5(C)C)C(C)(C)CC2(C)C. The minimum Gasteiger partial charge on any atom is -0.456 e. The maximum Gasteiger partial charge on any atom is 0.252 e. The molecule has 0 atom stereocenters. The fraction of sp³-hybridized carbons (Fsp3) is 0.364. The van der Waals surface area contributed by atoms with Crippen LogP contribution in [0.25, 0.3) is 33.1 Å². The van der Waals surface area contributed by atoms with Crippen LogP contribution in [0.3, 0.4) is 0 Å². The van der Waals surface area contributed by atoms with E-state index in [2.05, 4.69) is 222 Å². The van der Waals surface area contributed by atoms with Gasteiger partial charge in [-0.05, 0) is 193 Å². The van der Waals surface area contributed by atoms with Gasteiger partial charge in [-0.15, -0.1) is 0 Å². The number of hydrogen-bond donors (Lipinski definition) is 0. The summed E-state index contributed by atoms with van der Waals surface area (Å²) in [4.78, 5) is 5.38. The van der Waals surface area contributed by atoms with Gasteiger partial charge in [-0.3, -0.25) is 0 Å². The van der Waals surface area contributed by atoms with Crippen molar-refractivity contribution < 1.29 is 4.42 Å². The molecule has 3 heterocycles. The second-order valence-corrected chi connectivity index (χ2v) is 26.3. The van der Waals surface area contributed by atoms with Gasteiger partial charge < -0.3 is 14.2 Å². The standard InChI is InChI=1S/C66H69BN2O/c1-38-29-43-47(65(11,12)36-63(43,7)8)33-54(38)68-51-26-25-40(41-20-17-24-58-59(41)42-19-15-16-23-57(42)70-58)31-49(51)67-50-32-45-46(62(5,6)28-27-61(45,3)4)35-56(50)69(53-22-18-21-52(68)60(53)67)55-34-48-44(30-39(55)2)64(9,10)37-66(48,13)14/h15-26,29-35H,27-28,36-37H2,1-14H3. The molecule has 3 nitrogen and oxygen atoms in total. The summed E-state index contributed by atoms with van der Waals surface area (Å²) in [5.74, 6) is 0. The summed E-state index contributed by atoms with van der Waals surface area (Å²) in [5, 5.41) is 2.34. The summed E-state index contributed by atoms with van der Waals surface area (Å²) >= 11 is 0. The zero-order chi connectivity index (χ0) is 49.0. The van der Waals surface area contributed by atoms with Crippen molar-refractivity contribution in [3.8, 4) is 11.1 Å². The lowest BCUT2D eigenvalue weighted by Crippen LogP contribution is -2.62. The molecule has 352 valence electrons. The van der Waals surface area contributed by atoms with Crippen LogP contribution in [0.4, 0.5) is 34.1 Å². The van der Waals surface area contributed by atoms with Crippen LogP contribution in [-0.4, -0.2) is 6.71 Å². The van der Waals surface area contributed by atoms with Gasteiger partial charge in [-0.1, -0.05) is 150 Å². The van der Waals surface area contributed by atoms with Gasteiger partial charge in [0.25, 0.3) is 6.71 Å². The molecule has 0 saturated heterocycles. The Morgan fingerprint density at radius 2 is 0.886 bits per heavy atom. The number of aryl methyl sites for hydroxylation is 2. The molecule has 70 heavy (non-hydrogen) atoms. The average molecular weight is 917 g/mol. The topological polar surface area (TPSA) is 19.6 Å². The van der Waals surface area contributed by atoms with Crippen LogP contribution in [0.15, 0.2) is 120 Å². The van der Waals surface area contributed by atoms with E-state index in [9.17, 15) is 0 Å². The fourth-order valence-corrected chi connectivity index (χ4v) is 15.4. The minimum atomic E-state index is -0.00898. The van der Waals surface area contributed by atoms with Crippen molar-refractivity contribution in [3.05, 3.63) is 160 Å². The summed E-state index contributed by atoms with van der Waals surface area (Å²) < 4.78 is 6.53. The summed E-state index contributed by atoms with van der Waals surface area (Å²) in [6.45, 7) is 34.3. The molecule has 2 aliphatic heterocycles. The van der Waals surface area contributed by atoms with E-state index in [0.29, 0.717) is 0 Å². The molecule has 0 unspecified atom stereocenters. The van der Waals surface area contributed by atoms with Gasteiger partial charge in [0.2, 0.25) is 0 Å². The Hall–Kier alpha value is -6.00. The van der Waals surface area contributed by atoms with Crippen LogP contribution in [0, 0.1) is 13.8 Å². The number of benzene rings is 7. The average Bonchev–Trinajstić information content (AvgIpc) is 3.83. The summed E-state index contributed by atoms with van der Waals surface area (Å²) in [7, 11) is 0. The first-order valence-corrected chi connectivity index (χ1v) is 26.3. The highest BCUT2D eigenvalue weighted by atomic mass is 16.3. The van der Waals surface area contributed by atoms with Gasteiger partial charge in [-0.2, -0.15) is 0 Å². The normalized spacial score (nSPS) is 19.9. The number of fused-ring (bicyclic) bond motifs is 10. The Morgan fingerprint density at radius 1 is 0.414 bits per heavy atom. The molecule has 5 aliphatic rings. The third-order valence-corrected chi connectivity index (χ3v) is 18.5. The van der Waals surface area contributed by atoms with Crippen molar-refractivity contribution in [1.82, 2.24) is 0 Å². The quantitative estimate of drug-likeness (QED) is 0.165. The fourth-order valence-electron chi connectivity index (χ4n) is 15.4. The largest absolute Gasteiger partial charge is 0.456 e. The highest BCUT2D eigenvalue weighted by molar-refractivity contribution is 7.00. The summed E-state index contributed by atoms with van der Waals surface area (Å²) in [5.41, 5.74) is 28.2. The molecule has 0 spiro atoms. The van der Waals surface area contributed by atoms with Crippen LogP contribution in [0.2, 0.25) is 0 Å². The maximum atomic E-state index is 6.53. The van der Waals surface area contributed by atoms with Crippen molar-refractivity contribution >= 4 is 79.2 Å². The molecule has 0 N–H and O–H groups in total. The van der Waals surface area contributed by atoms with Gasteiger partial charge >= 0.3 is 0 Å². The van der Waals surface area contributed by atoms with Crippen molar-refractivity contribution in [2.45, 2.75) is 155 Å². The highest BCUT2D eigenvalue weighted by Gasteiger charge is 2.49. The maximum absolute atomic E-state index is 6.53. The van der Waals surface area contributed by atoms with Crippen molar-refractivity contribution in [2.24, 2.45) is 0 Å². The lowest BCUT2D eigenvalue weighted by molar-refractivity contribution is 0.332. The monoisotopic (exact) mass is 917 g/mol. The summed E-state index contributed by atoms with van der Waals surface area (Å²) in [6.07, 6.45) is 4.60.